The summed E-state index contributed by atoms with van der Waals surface area (Å²) in [7, 11) is 1.18. The first-order valence-electron chi connectivity index (χ1n) is 9.26. The van der Waals surface area contributed by atoms with Gasteiger partial charge in [0.15, 0.2) is 0 Å². The van der Waals surface area contributed by atoms with Gasteiger partial charge in [0.25, 0.3) is 5.70 Å². The molecule has 0 amide bonds. The SMILES string of the molecule is COC(=O)OC1=C(C)NC(C)=C([N+](=O)[O-])C1c1cccc(OCc2ccccc2)c1. The molecule has 0 bridgehead atoms. The van der Waals surface area contributed by atoms with E-state index in [4.69, 9.17) is 9.47 Å². The van der Waals surface area contributed by atoms with Gasteiger partial charge in [0, 0.05) is 0 Å². The minimum atomic E-state index is -0.949. The predicted octanol–water partition coefficient (Wildman–Crippen LogP) is 4.48. The fraction of sp³-hybridized carbons (Fsp3) is 0.227. The maximum atomic E-state index is 11.8. The lowest BCUT2D eigenvalue weighted by molar-refractivity contribution is -0.431. The van der Waals surface area contributed by atoms with Crippen molar-refractivity contribution in [3.8, 4) is 5.75 Å². The van der Waals surface area contributed by atoms with Gasteiger partial charge < -0.3 is 19.5 Å². The van der Waals surface area contributed by atoms with Crippen molar-refractivity contribution in [3.05, 3.63) is 98.7 Å². The summed E-state index contributed by atoms with van der Waals surface area (Å²) in [5.41, 5.74) is 2.31. The fourth-order valence-corrected chi connectivity index (χ4v) is 3.31. The number of methoxy groups -OCH3 is 1. The largest absolute Gasteiger partial charge is 0.513 e. The highest BCUT2D eigenvalue weighted by molar-refractivity contribution is 5.62. The van der Waals surface area contributed by atoms with E-state index in [1.807, 2.05) is 30.3 Å². The Hall–Kier alpha value is -3.81. The summed E-state index contributed by atoms with van der Waals surface area (Å²) < 4.78 is 15.7. The van der Waals surface area contributed by atoms with E-state index in [9.17, 15) is 14.9 Å². The molecular formula is C22H22N2O6. The van der Waals surface area contributed by atoms with Crippen LogP contribution < -0.4 is 10.1 Å². The number of ether oxygens (including phenoxy) is 3. The van der Waals surface area contributed by atoms with Gasteiger partial charge >= 0.3 is 6.16 Å². The third kappa shape index (κ3) is 4.60. The highest BCUT2D eigenvalue weighted by Crippen LogP contribution is 2.39. The van der Waals surface area contributed by atoms with Gasteiger partial charge in [-0.15, -0.1) is 0 Å². The van der Waals surface area contributed by atoms with E-state index in [2.05, 4.69) is 10.1 Å². The van der Waals surface area contributed by atoms with Crippen LogP contribution in [0, 0.1) is 10.1 Å². The third-order valence-electron chi connectivity index (χ3n) is 4.66. The van der Waals surface area contributed by atoms with Crippen molar-refractivity contribution < 1.29 is 23.9 Å². The van der Waals surface area contributed by atoms with Gasteiger partial charge in [-0.2, -0.15) is 0 Å². The Bertz CT molecular complexity index is 1010. The fourth-order valence-electron chi connectivity index (χ4n) is 3.31. The monoisotopic (exact) mass is 410 g/mol. The van der Waals surface area contributed by atoms with Crippen molar-refractivity contribution in [3.63, 3.8) is 0 Å². The quantitative estimate of drug-likeness (QED) is 0.426. The number of hydrogen-bond acceptors (Lipinski definition) is 7. The van der Waals surface area contributed by atoms with Crippen molar-refractivity contribution in [2.75, 3.05) is 7.11 Å². The number of benzene rings is 2. The normalized spacial score (nSPS) is 16.0. The van der Waals surface area contributed by atoms with Gasteiger partial charge in [-0.05, 0) is 37.1 Å². The third-order valence-corrected chi connectivity index (χ3v) is 4.66. The zero-order valence-corrected chi connectivity index (χ0v) is 16.9. The number of nitrogens with one attached hydrogen (secondary N) is 1. The van der Waals surface area contributed by atoms with Crippen LogP contribution in [0.1, 0.15) is 30.9 Å². The zero-order chi connectivity index (χ0) is 21.7. The van der Waals surface area contributed by atoms with Crippen LogP contribution in [0.25, 0.3) is 0 Å². The van der Waals surface area contributed by atoms with Crippen LogP contribution in [-0.2, 0) is 16.1 Å². The summed E-state index contributed by atoms with van der Waals surface area (Å²) in [4.78, 5) is 23.1. The molecule has 0 spiro atoms. The second kappa shape index (κ2) is 9.13. The molecule has 1 atom stereocenters. The highest BCUT2D eigenvalue weighted by atomic mass is 16.7. The Morgan fingerprint density at radius 3 is 2.50 bits per heavy atom. The highest BCUT2D eigenvalue weighted by Gasteiger charge is 2.40. The van der Waals surface area contributed by atoms with E-state index >= 15 is 0 Å². The number of carbonyl (C=O) groups is 1. The zero-order valence-electron chi connectivity index (χ0n) is 16.9. The second-order valence-electron chi connectivity index (χ2n) is 6.72. The van der Waals surface area contributed by atoms with Crippen molar-refractivity contribution >= 4 is 6.16 Å². The maximum Gasteiger partial charge on any atom is 0.513 e. The van der Waals surface area contributed by atoms with Crippen LogP contribution in [-0.4, -0.2) is 18.2 Å². The molecule has 8 nitrogen and oxygen atoms in total. The molecule has 156 valence electrons. The summed E-state index contributed by atoms with van der Waals surface area (Å²) in [5, 5.41) is 14.7. The molecule has 1 aliphatic rings. The van der Waals surface area contributed by atoms with Gasteiger partial charge in [-0.3, -0.25) is 10.1 Å². The number of allylic oxidation sites excluding steroid dienone is 2. The Morgan fingerprint density at radius 1 is 1.10 bits per heavy atom. The molecule has 0 saturated heterocycles. The van der Waals surface area contributed by atoms with Crippen molar-refractivity contribution in [2.45, 2.75) is 26.4 Å². The number of hydrogen-bond donors (Lipinski definition) is 1. The lowest BCUT2D eigenvalue weighted by Gasteiger charge is -2.26. The van der Waals surface area contributed by atoms with Crippen LogP contribution in [0.3, 0.4) is 0 Å². The van der Waals surface area contributed by atoms with Gasteiger partial charge in [-0.25, -0.2) is 4.79 Å². The summed E-state index contributed by atoms with van der Waals surface area (Å²) >= 11 is 0. The molecule has 1 N–H and O–H groups in total. The molecule has 1 aliphatic heterocycles. The average molecular weight is 410 g/mol. The number of rotatable bonds is 6. The van der Waals surface area contributed by atoms with E-state index in [1.54, 1.807) is 38.1 Å². The number of dihydropyridines is 1. The molecule has 0 aliphatic carbocycles. The van der Waals surface area contributed by atoms with Crippen LogP contribution in [0.4, 0.5) is 4.79 Å². The van der Waals surface area contributed by atoms with E-state index in [1.165, 1.54) is 7.11 Å². The molecule has 8 heteroatoms. The smallest absolute Gasteiger partial charge is 0.489 e. The van der Waals surface area contributed by atoms with Crippen LogP contribution in [0.2, 0.25) is 0 Å². The van der Waals surface area contributed by atoms with E-state index < -0.39 is 17.0 Å². The first-order valence-corrected chi connectivity index (χ1v) is 9.26. The molecule has 1 heterocycles. The van der Waals surface area contributed by atoms with Crippen LogP contribution >= 0.6 is 0 Å². The van der Waals surface area contributed by atoms with Gasteiger partial charge in [-0.1, -0.05) is 42.5 Å². The standard InChI is InChI=1S/C22H22N2O6/c1-14-20(24(26)27)19(21(15(2)23-14)30-22(25)28-3)17-10-7-11-18(12-17)29-13-16-8-5-4-6-9-16/h4-12,19,23H,13H2,1-3H3. The first kappa shape index (κ1) is 20.9. The summed E-state index contributed by atoms with van der Waals surface area (Å²) in [6, 6.07) is 16.6. The topological polar surface area (TPSA) is 99.9 Å². The molecule has 30 heavy (non-hydrogen) atoms. The Morgan fingerprint density at radius 2 is 1.83 bits per heavy atom. The van der Waals surface area contributed by atoms with Crippen molar-refractivity contribution in [1.82, 2.24) is 5.32 Å². The second-order valence-corrected chi connectivity index (χ2v) is 6.72. The number of nitro groups is 1. The minimum absolute atomic E-state index is 0.111. The number of nitrogens with zero attached hydrogens (tertiary/aromatic N) is 1. The summed E-state index contributed by atoms with van der Waals surface area (Å²) in [5.74, 6) is -0.245. The lowest BCUT2D eigenvalue weighted by atomic mass is 9.89. The van der Waals surface area contributed by atoms with E-state index in [0.717, 1.165) is 5.56 Å². The molecule has 2 aromatic rings. The Balaban J connectivity index is 1.97. The summed E-state index contributed by atoms with van der Waals surface area (Å²) in [6.07, 6.45) is -0.949. The average Bonchev–Trinajstić information content (AvgIpc) is 2.74. The summed E-state index contributed by atoms with van der Waals surface area (Å²) in [6.45, 7) is 3.65. The van der Waals surface area contributed by atoms with Crippen molar-refractivity contribution in [2.24, 2.45) is 0 Å². The molecule has 0 fully saturated rings. The van der Waals surface area contributed by atoms with Gasteiger partial charge in [0.2, 0.25) is 0 Å². The Kier molecular flexibility index (Phi) is 6.36. The first-order chi connectivity index (χ1) is 14.4. The van der Waals surface area contributed by atoms with Crippen LogP contribution in [0.5, 0.6) is 5.75 Å². The van der Waals surface area contributed by atoms with E-state index in [0.29, 0.717) is 29.3 Å². The molecule has 0 radical (unpaired) electrons. The van der Waals surface area contributed by atoms with E-state index in [-0.39, 0.29) is 11.5 Å². The molecule has 0 saturated carbocycles. The maximum absolute atomic E-state index is 11.8. The molecule has 1 unspecified atom stereocenters. The van der Waals surface area contributed by atoms with Crippen LogP contribution in [0.15, 0.2) is 77.4 Å². The molecule has 3 rings (SSSR count). The minimum Gasteiger partial charge on any atom is -0.489 e. The molecule has 2 aromatic carbocycles. The lowest BCUT2D eigenvalue weighted by Crippen LogP contribution is -2.29. The van der Waals surface area contributed by atoms with Gasteiger partial charge in [0.05, 0.1) is 23.4 Å². The Labute approximate surface area is 173 Å². The number of carbonyl (C=O) groups excluding carboxylic acids is 1. The van der Waals surface area contributed by atoms with Crippen molar-refractivity contribution in [1.29, 1.82) is 0 Å². The molecule has 0 aromatic heterocycles. The molecular weight excluding hydrogens is 388 g/mol. The van der Waals surface area contributed by atoms with Gasteiger partial charge in [0.1, 0.15) is 24.0 Å². The predicted molar refractivity (Wildman–Crippen MR) is 109 cm³/mol.